The fourth-order valence-electron chi connectivity index (χ4n) is 4.22. The molecule has 22 heavy (non-hydrogen) atoms. The molecule has 0 radical (unpaired) electrons. The molecule has 0 aromatic heterocycles. The minimum absolute atomic E-state index is 0.412. The van der Waals surface area contributed by atoms with Gasteiger partial charge in [-0.25, -0.2) is 0 Å². The summed E-state index contributed by atoms with van der Waals surface area (Å²) in [5, 5.41) is 0. The Labute approximate surface area is 133 Å². The normalized spacial score (nSPS) is 28.9. The number of nitrogens with zero attached hydrogens (tertiary/aromatic N) is 2. The first-order chi connectivity index (χ1) is 10.8. The minimum Gasteiger partial charge on any atom is -0.298 e. The van der Waals surface area contributed by atoms with Crippen LogP contribution in [0.25, 0.3) is 0 Å². The third-order valence-corrected chi connectivity index (χ3v) is 5.68. The Kier molecular flexibility index (Phi) is 4.01. The van der Waals surface area contributed by atoms with E-state index < -0.39 is 0 Å². The van der Waals surface area contributed by atoms with E-state index in [-0.39, 0.29) is 0 Å². The zero-order valence-electron chi connectivity index (χ0n) is 13.3. The predicted molar refractivity (Wildman–Crippen MR) is 87.8 cm³/mol. The van der Waals surface area contributed by atoms with Gasteiger partial charge < -0.3 is 0 Å². The third-order valence-electron chi connectivity index (χ3n) is 5.68. The van der Waals surface area contributed by atoms with E-state index in [1.165, 1.54) is 18.5 Å². The van der Waals surface area contributed by atoms with E-state index in [1.54, 1.807) is 0 Å². The lowest BCUT2D eigenvalue weighted by atomic mass is 10.0. The molecule has 1 aliphatic carbocycles. The number of carbonyl (C=O) groups is 1. The van der Waals surface area contributed by atoms with Crippen LogP contribution >= 0.6 is 0 Å². The van der Waals surface area contributed by atoms with Crippen molar-refractivity contribution in [3.8, 4) is 0 Å². The molecule has 1 aromatic carbocycles. The first-order valence-corrected chi connectivity index (χ1v) is 8.82. The lowest BCUT2D eigenvalue weighted by Gasteiger charge is -2.24. The summed E-state index contributed by atoms with van der Waals surface area (Å²) in [7, 11) is 0. The molecule has 2 aliphatic heterocycles. The van der Waals surface area contributed by atoms with Crippen LogP contribution in [0, 0.1) is 11.8 Å². The largest absolute Gasteiger partial charge is 0.298 e. The molecule has 3 fully saturated rings. The van der Waals surface area contributed by atoms with Crippen LogP contribution in [0.2, 0.25) is 0 Å². The summed E-state index contributed by atoms with van der Waals surface area (Å²) in [5.41, 5.74) is 1.43. The fourth-order valence-corrected chi connectivity index (χ4v) is 4.22. The quantitative estimate of drug-likeness (QED) is 0.804. The van der Waals surface area contributed by atoms with Gasteiger partial charge in [0.1, 0.15) is 5.78 Å². The number of likely N-dealkylation sites (tertiary alicyclic amines) is 2. The van der Waals surface area contributed by atoms with Crippen molar-refractivity contribution >= 4 is 5.78 Å². The molecule has 2 saturated heterocycles. The molecule has 1 saturated carbocycles. The van der Waals surface area contributed by atoms with Gasteiger partial charge in [-0.15, -0.1) is 0 Å². The number of hydrogen-bond acceptors (Lipinski definition) is 3. The van der Waals surface area contributed by atoms with Crippen molar-refractivity contribution in [3.05, 3.63) is 35.9 Å². The molecule has 2 atom stereocenters. The maximum Gasteiger partial charge on any atom is 0.149 e. The minimum atomic E-state index is 0.412. The highest BCUT2D eigenvalue weighted by atomic mass is 16.1. The van der Waals surface area contributed by atoms with Gasteiger partial charge in [-0.3, -0.25) is 14.6 Å². The van der Waals surface area contributed by atoms with Crippen LogP contribution in [0.4, 0.5) is 0 Å². The summed E-state index contributed by atoms with van der Waals surface area (Å²) in [6.07, 6.45) is 4.74. The highest BCUT2D eigenvalue weighted by Crippen LogP contribution is 2.34. The van der Waals surface area contributed by atoms with Gasteiger partial charge in [0.05, 0.1) is 6.54 Å². The van der Waals surface area contributed by atoms with Crippen LogP contribution < -0.4 is 0 Å². The molecule has 1 aromatic rings. The molecular formula is C19H26N2O. The van der Waals surface area contributed by atoms with Gasteiger partial charge in [0.2, 0.25) is 0 Å². The molecule has 0 amide bonds. The smallest absolute Gasteiger partial charge is 0.149 e. The van der Waals surface area contributed by atoms with Gasteiger partial charge >= 0.3 is 0 Å². The maximum absolute atomic E-state index is 12.0. The highest BCUT2D eigenvalue weighted by molar-refractivity contribution is 5.85. The van der Waals surface area contributed by atoms with Crippen LogP contribution in [0.5, 0.6) is 0 Å². The van der Waals surface area contributed by atoms with E-state index in [1.807, 2.05) is 0 Å². The van der Waals surface area contributed by atoms with Gasteiger partial charge in [0.25, 0.3) is 0 Å². The number of ketones is 1. The summed E-state index contributed by atoms with van der Waals surface area (Å²) in [6.45, 7) is 5.37. The Morgan fingerprint density at radius 3 is 2.68 bits per heavy atom. The lowest BCUT2D eigenvalue weighted by Crippen LogP contribution is -2.37. The van der Waals surface area contributed by atoms with Crippen LogP contribution in [0.15, 0.2) is 30.3 Å². The van der Waals surface area contributed by atoms with Crippen molar-refractivity contribution in [1.82, 2.24) is 9.80 Å². The van der Waals surface area contributed by atoms with E-state index in [0.717, 1.165) is 44.8 Å². The van der Waals surface area contributed by atoms with Crippen LogP contribution in [-0.2, 0) is 11.2 Å². The average Bonchev–Trinajstić information content (AvgIpc) is 3.22. The van der Waals surface area contributed by atoms with Crippen LogP contribution in [-0.4, -0.2) is 54.3 Å². The molecule has 0 bridgehead atoms. The Bertz CT molecular complexity index is 525. The van der Waals surface area contributed by atoms with Crippen LogP contribution in [0.3, 0.4) is 0 Å². The summed E-state index contributed by atoms with van der Waals surface area (Å²) in [4.78, 5) is 17.1. The topological polar surface area (TPSA) is 23.6 Å². The predicted octanol–water partition coefficient (Wildman–Crippen LogP) is 2.21. The number of rotatable bonds is 6. The third kappa shape index (κ3) is 3.11. The zero-order valence-corrected chi connectivity index (χ0v) is 13.3. The van der Waals surface area contributed by atoms with Crippen molar-refractivity contribution in [2.45, 2.75) is 31.7 Å². The molecule has 0 unspecified atom stereocenters. The summed E-state index contributed by atoms with van der Waals surface area (Å²) < 4.78 is 0. The summed E-state index contributed by atoms with van der Waals surface area (Å²) in [6, 6.07) is 11.5. The van der Waals surface area contributed by atoms with E-state index in [4.69, 9.17) is 0 Å². The zero-order chi connectivity index (χ0) is 14.9. The Morgan fingerprint density at radius 1 is 1.09 bits per heavy atom. The number of benzene rings is 1. The number of hydrogen-bond donors (Lipinski definition) is 0. The number of carbonyl (C=O) groups excluding carboxylic acids is 1. The van der Waals surface area contributed by atoms with E-state index in [9.17, 15) is 4.79 Å². The van der Waals surface area contributed by atoms with Crippen molar-refractivity contribution < 1.29 is 4.79 Å². The van der Waals surface area contributed by atoms with E-state index >= 15 is 0 Å². The molecule has 2 heterocycles. The molecule has 3 aliphatic rings. The highest BCUT2D eigenvalue weighted by Gasteiger charge is 2.42. The second kappa shape index (κ2) is 6.13. The summed E-state index contributed by atoms with van der Waals surface area (Å²) in [5.74, 6) is 1.70. The summed E-state index contributed by atoms with van der Waals surface area (Å²) >= 11 is 0. The molecule has 3 nitrogen and oxygen atoms in total. The van der Waals surface area contributed by atoms with Crippen molar-refractivity contribution in [2.24, 2.45) is 11.8 Å². The van der Waals surface area contributed by atoms with Gasteiger partial charge in [0, 0.05) is 31.6 Å². The molecular weight excluding hydrogens is 272 g/mol. The number of Topliss-reactive ketones (excluding diaryl/α,β-unsaturated/α-hetero) is 1. The van der Waals surface area contributed by atoms with Gasteiger partial charge in [0.15, 0.2) is 0 Å². The Morgan fingerprint density at radius 2 is 1.91 bits per heavy atom. The molecule has 0 N–H and O–H groups in total. The molecule has 118 valence electrons. The molecule has 4 rings (SSSR count). The molecule has 3 heteroatoms. The van der Waals surface area contributed by atoms with Gasteiger partial charge in [-0.05, 0) is 43.7 Å². The average molecular weight is 298 g/mol. The van der Waals surface area contributed by atoms with E-state index in [0.29, 0.717) is 24.3 Å². The fraction of sp³-hybridized carbons (Fsp3) is 0.632. The molecule has 0 spiro atoms. The lowest BCUT2D eigenvalue weighted by molar-refractivity contribution is -0.121. The maximum atomic E-state index is 12.0. The number of fused-ring (bicyclic) bond motifs is 1. The first-order valence-electron chi connectivity index (χ1n) is 8.82. The second-order valence-electron chi connectivity index (χ2n) is 7.32. The van der Waals surface area contributed by atoms with Crippen molar-refractivity contribution in [1.29, 1.82) is 0 Å². The van der Waals surface area contributed by atoms with Crippen LogP contribution in [0.1, 0.15) is 24.8 Å². The van der Waals surface area contributed by atoms with Crippen molar-refractivity contribution in [3.63, 3.8) is 0 Å². The second-order valence-corrected chi connectivity index (χ2v) is 7.32. The van der Waals surface area contributed by atoms with Crippen molar-refractivity contribution in [2.75, 3.05) is 32.7 Å². The monoisotopic (exact) mass is 298 g/mol. The standard InChI is InChI=1S/C19H26N2O/c22-19(16-6-7-16)14-20-12-17-9-11-21(18(17)13-20)10-8-15-4-2-1-3-5-15/h1-5,16-18H,6-14H2/t17-,18+/m1/s1. The SMILES string of the molecule is O=C(CN1C[C@H]2CCN(CCc3ccccc3)[C@H]2C1)C1CC1. The van der Waals surface area contributed by atoms with Gasteiger partial charge in [-0.1, -0.05) is 30.3 Å². The van der Waals surface area contributed by atoms with Gasteiger partial charge in [-0.2, -0.15) is 0 Å². The first kappa shape index (κ1) is 14.4. The Balaban J connectivity index is 1.29. The Hall–Kier alpha value is -1.19. The van der Waals surface area contributed by atoms with E-state index in [2.05, 4.69) is 40.1 Å².